The molecule has 0 amide bonds. The Morgan fingerprint density at radius 2 is 2.04 bits per heavy atom. The number of carbonyl (C=O) groups is 1. The molecule has 0 N–H and O–H groups in total. The highest BCUT2D eigenvalue weighted by molar-refractivity contribution is 5.66. The lowest BCUT2D eigenvalue weighted by Gasteiger charge is -2.50. The third-order valence-corrected chi connectivity index (χ3v) is 7.15. The van der Waals surface area contributed by atoms with E-state index in [1.807, 2.05) is 0 Å². The van der Waals surface area contributed by atoms with Crippen LogP contribution in [0.1, 0.15) is 63.0 Å². The van der Waals surface area contributed by atoms with Gasteiger partial charge in [-0.05, 0) is 79.5 Å². The highest BCUT2D eigenvalue weighted by Crippen LogP contribution is 2.61. The predicted octanol–water partition coefficient (Wildman–Crippen LogP) is 4.48. The zero-order chi connectivity index (χ0) is 16.9. The van der Waals surface area contributed by atoms with Gasteiger partial charge in [-0.2, -0.15) is 0 Å². The van der Waals surface area contributed by atoms with E-state index in [9.17, 15) is 4.79 Å². The van der Waals surface area contributed by atoms with Crippen LogP contribution in [-0.2, 0) is 16.0 Å². The molecule has 4 rings (SSSR count). The zero-order valence-electron chi connectivity index (χ0n) is 15.0. The molecule has 3 aliphatic rings. The first-order chi connectivity index (χ1) is 11.5. The molecule has 2 saturated carbocycles. The van der Waals surface area contributed by atoms with E-state index in [1.54, 1.807) is 19.6 Å². The summed E-state index contributed by atoms with van der Waals surface area (Å²) in [4.78, 5) is 11.5. The molecule has 3 heteroatoms. The van der Waals surface area contributed by atoms with E-state index in [0.717, 1.165) is 24.5 Å². The Kier molecular flexibility index (Phi) is 3.85. The Balaban J connectivity index is 1.62. The number of carbonyl (C=O) groups excluding carboxylic acids is 1. The molecule has 0 heterocycles. The third kappa shape index (κ3) is 2.35. The van der Waals surface area contributed by atoms with Crippen molar-refractivity contribution in [2.24, 2.45) is 17.3 Å². The maximum atomic E-state index is 11.5. The van der Waals surface area contributed by atoms with Gasteiger partial charge in [0.15, 0.2) is 0 Å². The smallest absolute Gasteiger partial charge is 0.302 e. The van der Waals surface area contributed by atoms with E-state index in [4.69, 9.17) is 9.47 Å². The summed E-state index contributed by atoms with van der Waals surface area (Å²) in [5, 5.41) is 0. The molecule has 0 saturated heterocycles. The van der Waals surface area contributed by atoms with Gasteiger partial charge >= 0.3 is 5.97 Å². The number of ether oxygens (including phenoxy) is 2. The number of esters is 1. The lowest BCUT2D eigenvalue weighted by molar-refractivity contribution is -0.154. The van der Waals surface area contributed by atoms with Crippen molar-refractivity contribution in [2.75, 3.05) is 7.11 Å². The molecule has 130 valence electrons. The van der Waals surface area contributed by atoms with Gasteiger partial charge in [0.2, 0.25) is 0 Å². The van der Waals surface area contributed by atoms with Gasteiger partial charge in [0.1, 0.15) is 11.9 Å². The van der Waals surface area contributed by atoms with Crippen LogP contribution in [0.3, 0.4) is 0 Å². The first-order valence-corrected chi connectivity index (χ1v) is 9.37. The van der Waals surface area contributed by atoms with Gasteiger partial charge in [0, 0.05) is 12.3 Å². The lowest BCUT2D eigenvalue weighted by Crippen LogP contribution is -2.45. The Morgan fingerprint density at radius 1 is 1.21 bits per heavy atom. The van der Waals surface area contributed by atoms with Crippen LogP contribution in [0.4, 0.5) is 0 Å². The topological polar surface area (TPSA) is 35.5 Å². The monoisotopic (exact) mass is 328 g/mol. The normalized spacial score (nSPS) is 37.1. The molecule has 0 bridgehead atoms. The van der Waals surface area contributed by atoms with Gasteiger partial charge < -0.3 is 9.47 Å². The molecule has 1 aromatic rings. The standard InChI is InChI=1S/C21H28O3/c1-13(22)24-20-9-8-19-18-6-4-14-12-15(23-3)5-7-16(14)17(18)10-11-21(19,20)2/h5,7,12,17-20H,4,6,8-11H2,1-3H3/t17-,18-,19-,20+,21+/m1/s1. The molecule has 0 unspecified atom stereocenters. The fourth-order valence-electron chi connectivity index (χ4n) is 6.03. The quantitative estimate of drug-likeness (QED) is 0.751. The average molecular weight is 328 g/mol. The minimum absolute atomic E-state index is 0.120. The highest BCUT2D eigenvalue weighted by Gasteiger charge is 2.56. The van der Waals surface area contributed by atoms with Crippen LogP contribution >= 0.6 is 0 Å². The van der Waals surface area contributed by atoms with Crippen LogP contribution in [0.25, 0.3) is 0 Å². The van der Waals surface area contributed by atoms with Crippen LogP contribution in [0.15, 0.2) is 18.2 Å². The molecule has 0 aromatic heterocycles. The Hall–Kier alpha value is -1.51. The van der Waals surface area contributed by atoms with E-state index in [1.165, 1.54) is 31.2 Å². The highest BCUT2D eigenvalue weighted by atomic mass is 16.5. The first kappa shape index (κ1) is 16.0. The number of hydrogen-bond donors (Lipinski definition) is 0. The van der Waals surface area contributed by atoms with Crippen LogP contribution in [0, 0.1) is 17.3 Å². The molecule has 3 nitrogen and oxygen atoms in total. The summed E-state index contributed by atoms with van der Waals surface area (Å²) in [6.45, 7) is 3.92. The van der Waals surface area contributed by atoms with E-state index in [2.05, 4.69) is 25.1 Å². The van der Waals surface area contributed by atoms with Crippen LogP contribution < -0.4 is 4.74 Å². The van der Waals surface area contributed by atoms with E-state index in [-0.39, 0.29) is 17.5 Å². The fraction of sp³-hybridized carbons (Fsp3) is 0.667. The molecule has 0 spiro atoms. The minimum atomic E-state index is -0.120. The van der Waals surface area contributed by atoms with Crippen molar-refractivity contribution < 1.29 is 14.3 Å². The summed E-state index contributed by atoms with van der Waals surface area (Å²) in [6, 6.07) is 6.65. The second-order valence-corrected chi connectivity index (χ2v) is 8.20. The SMILES string of the molecule is COc1ccc2c(c1)CC[C@@H]1[C@@H]2CC[C@]2(C)[C@@H](OC(C)=O)CC[C@H]12. The summed E-state index contributed by atoms with van der Waals surface area (Å²) < 4.78 is 11.1. The van der Waals surface area contributed by atoms with Gasteiger partial charge in [0.25, 0.3) is 0 Å². The van der Waals surface area contributed by atoms with Crippen molar-refractivity contribution in [1.82, 2.24) is 0 Å². The van der Waals surface area contributed by atoms with Crippen molar-refractivity contribution >= 4 is 5.97 Å². The fourth-order valence-corrected chi connectivity index (χ4v) is 6.03. The first-order valence-electron chi connectivity index (χ1n) is 9.37. The minimum Gasteiger partial charge on any atom is -0.497 e. The lowest BCUT2D eigenvalue weighted by atomic mass is 9.55. The van der Waals surface area contributed by atoms with Gasteiger partial charge in [-0.25, -0.2) is 0 Å². The van der Waals surface area contributed by atoms with Crippen LogP contribution in [-0.4, -0.2) is 19.2 Å². The van der Waals surface area contributed by atoms with Crippen molar-refractivity contribution in [3.05, 3.63) is 29.3 Å². The van der Waals surface area contributed by atoms with Gasteiger partial charge in [-0.15, -0.1) is 0 Å². The molecule has 1 aromatic carbocycles. The number of fused-ring (bicyclic) bond motifs is 5. The number of rotatable bonds is 2. The second-order valence-electron chi connectivity index (χ2n) is 8.20. The van der Waals surface area contributed by atoms with E-state index < -0.39 is 0 Å². The maximum Gasteiger partial charge on any atom is 0.302 e. The summed E-state index contributed by atoms with van der Waals surface area (Å²) in [6.07, 6.45) is 7.17. The molecule has 2 fully saturated rings. The summed E-state index contributed by atoms with van der Waals surface area (Å²) >= 11 is 0. The molecular weight excluding hydrogens is 300 g/mol. The zero-order valence-corrected chi connectivity index (χ0v) is 15.0. The molecule has 24 heavy (non-hydrogen) atoms. The van der Waals surface area contributed by atoms with E-state index in [0.29, 0.717) is 11.8 Å². The van der Waals surface area contributed by atoms with Crippen molar-refractivity contribution in [3.63, 3.8) is 0 Å². The van der Waals surface area contributed by atoms with Crippen LogP contribution in [0.2, 0.25) is 0 Å². The maximum absolute atomic E-state index is 11.5. The number of hydrogen-bond acceptors (Lipinski definition) is 3. The summed E-state index contributed by atoms with van der Waals surface area (Å²) in [5.74, 6) is 2.96. The Morgan fingerprint density at radius 3 is 2.79 bits per heavy atom. The van der Waals surface area contributed by atoms with Crippen molar-refractivity contribution in [1.29, 1.82) is 0 Å². The molecule has 0 radical (unpaired) electrons. The predicted molar refractivity (Wildman–Crippen MR) is 93.2 cm³/mol. The Bertz CT molecular complexity index is 652. The van der Waals surface area contributed by atoms with Gasteiger partial charge in [0.05, 0.1) is 7.11 Å². The van der Waals surface area contributed by atoms with E-state index >= 15 is 0 Å². The Labute approximate surface area is 144 Å². The van der Waals surface area contributed by atoms with Gasteiger partial charge in [-0.1, -0.05) is 13.0 Å². The van der Waals surface area contributed by atoms with Crippen molar-refractivity contribution in [3.8, 4) is 5.75 Å². The number of methoxy groups -OCH3 is 1. The molecule has 5 atom stereocenters. The summed E-state index contributed by atoms with van der Waals surface area (Å²) in [7, 11) is 1.74. The average Bonchev–Trinajstić information content (AvgIpc) is 2.90. The summed E-state index contributed by atoms with van der Waals surface area (Å²) in [5.41, 5.74) is 3.20. The second kappa shape index (κ2) is 5.79. The van der Waals surface area contributed by atoms with Crippen LogP contribution in [0.5, 0.6) is 5.75 Å². The molecule has 3 aliphatic carbocycles. The number of aryl methyl sites for hydroxylation is 1. The van der Waals surface area contributed by atoms with Crippen molar-refractivity contribution in [2.45, 2.75) is 64.4 Å². The third-order valence-electron chi connectivity index (χ3n) is 7.15. The molecular formula is C21H28O3. The largest absolute Gasteiger partial charge is 0.497 e. The number of benzene rings is 1. The van der Waals surface area contributed by atoms with Gasteiger partial charge in [-0.3, -0.25) is 4.79 Å². The molecule has 0 aliphatic heterocycles.